The van der Waals surface area contributed by atoms with Gasteiger partial charge < -0.3 is 4.79 Å². The molecular formula is C6H12O2. The van der Waals surface area contributed by atoms with Crippen LogP contribution in [0.15, 0.2) is 0 Å². The summed E-state index contributed by atoms with van der Waals surface area (Å²) in [5.41, 5.74) is 0. The summed E-state index contributed by atoms with van der Waals surface area (Å²) >= 11 is 0. The molecule has 0 aromatic heterocycles. The van der Waals surface area contributed by atoms with Crippen LogP contribution >= 0.6 is 0 Å². The smallest absolute Gasteiger partial charge is 0.132 e. The van der Waals surface area contributed by atoms with E-state index in [1.165, 1.54) is 0 Å². The van der Waals surface area contributed by atoms with Crippen LogP contribution in [0.4, 0.5) is 0 Å². The Kier molecular flexibility index (Phi) is 8.20. The Morgan fingerprint density at radius 2 is 1.50 bits per heavy atom. The molecule has 0 radical (unpaired) electrons. The van der Waals surface area contributed by atoms with Crippen molar-refractivity contribution in [3.8, 4) is 0 Å². The normalized spacial score (nSPS) is 7.50. The third kappa shape index (κ3) is 9.02. The Balaban J connectivity index is 0. The molecule has 0 amide bonds. The lowest BCUT2D eigenvalue weighted by atomic mass is 10.1. The molecule has 0 unspecified atom stereocenters. The predicted octanol–water partition coefficient (Wildman–Crippen LogP) is 1.05. The molecule has 0 aliphatic rings. The minimum atomic E-state index is 0.213. The largest absolute Gasteiger partial charge is 0.307 e. The first-order valence-corrected chi connectivity index (χ1v) is 2.44. The maximum absolute atomic E-state index is 10.1. The molecular weight excluding hydrogens is 104 g/mol. The highest BCUT2D eigenvalue weighted by molar-refractivity contribution is 5.77. The summed E-state index contributed by atoms with van der Waals surface area (Å²) in [6.45, 7) is 7.38. The van der Waals surface area contributed by atoms with E-state index < -0.39 is 0 Å². The average Bonchev–Trinajstić information content (AvgIpc) is 1.72. The Bertz CT molecular complexity index is 66.9. The highest BCUT2D eigenvalue weighted by atomic mass is 16.1. The summed E-state index contributed by atoms with van der Waals surface area (Å²) in [4.78, 5) is 18.1. The predicted molar refractivity (Wildman–Crippen MR) is 32.6 cm³/mol. The summed E-state index contributed by atoms with van der Waals surface area (Å²) < 4.78 is 0. The second kappa shape index (κ2) is 6.34. The minimum Gasteiger partial charge on any atom is -0.307 e. The molecule has 0 aromatic rings. The Hall–Kier alpha value is -0.660. The molecule has 0 aliphatic carbocycles. The Morgan fingerprint density at radius 3 is 1.50 bits per heavy atom. The first-order chi connectivity index (χ1) is 3.64. The van der Waals surface area contributed by atoms with Gasteiger partial charge in [-0.1, -0.05) is 13.8 Å². The number of carbonyl (C=O) groups is 2. The zero-order chi connectivity index (χ0) is 7.15. The monoisotopic (exact) mass is 116 g/mol. The van der Waals surface area contributed by atoms with Gasteiger partial charge in [0.1, 0.15) is 12.6 Å². The lowest BCUT2D eigenvalue weighted by Crippen LogP contribution is -1.98. The molecule has 0 spiro atoms. The van der Waals surface area contributed by atoms with E-state index in [2.05, 4.69) is 0 Å². The topological polar surface area (TPSA) is 34.1 Å². The summed E-state index contributed by atoms with van der Waals surface area (Å²) in [5.74, 6) is 0.472. The molecule has 0 aromatic carbocycles. The van der Waals surface area contributed by atoms with Crippen molar-refractivity contribution in [2.75, 3.05) is 0 Å². The average molecular weight is 116 g/mol. The van der Waals surface area contributed by atoms with Gasteiger partial charge in [-0.25, -0.2) is 0 Å². The Morgan fingerprint density at radius 1 is 1.38 bits per heavy atom. The number of hydrogen-bond acceptors (Lipinski definition) is 2. The van der Waals surface area contributed by atoms with E-state index in [0.29, 0.717) is 0 Å². The highest BCUT2D eigenvalue weighted by Crippen LogP contribution is 1.89. The first-order valence-electron chi connectivity index (χ1n) is 2.44. The molecule has 0 saturated heterocycles. The number of rotatable bonds is 1. The highest BCUT2D eigenvalue weighted by Gasteiger charge is 1.94. The quantitative estimate of drug-likeness (QED) is 0.513. The lowest BCUT2D eigenvalue weighted by Gasteiger charge is -1.90. The van der Waals surface area contributed by atoms with E-state index in [0.717, 1.165) is 0 Å². The molecule has 0 rings (SSSR count). The SMILES string of the molecule is C=O.CC(=O)C(C)C. The molecule has 2 heteroatoms. The van der Waals surface area contributed by atoms with Crippen LogP contribution in [0.1, 0.15) is 20.8 Å². The molecule has 48 valence electrons. The van der Waals surface area contributed by atoms with Gasteiger partial charge in [0.25, 0.3) is 0 Å². The number of ketones is 1. The van der Waals surface area contributed by atoms with Crippen LogP contribution in [-0.4, -0.2) is 12.6 Å². The summed E-state index contributed by atoms with van der Waals surface area (Å²) in [7, 11) is 0. The Labute approximate surface area is 49.9 Å². The molecule has 0 N–H and O–H groups in total. The van der Waals surface area contributed by atoms with E-state index >= 15 is 0 Å². The van der Waals surface area contributed by atoms with Gasteiger partial charge >= 0.3 is 0 Å². The molecule has 0 saturated carbocycles. The third-order valence-corrected chi connectivity index (χ3v) is 0.813. The molecule has 2 nitrogen and oxygen atoms in total. The maximum Gasteiger partial charge on any atom is 0.132 e. The molecule has 0 atom stereocenters. The third-order valence-electron chi connectivity index (χ3n) is 0.813. The summed E-state index contributed by atoms with van der Waals surface area (Å²) in [5, 5.41) is 0. The van der Waals surface area contributed by atoms with Crippen molar-refractivity contribution < 1.29 is 9.59 Å². The van der Waals surface area contributed by atoms with E-state index in [1.54, 1.807) is 6.92 Å². The van der Waals surface area contributed by atoms with Gasteiger partial charge in [0.15, 0.2) is 0 Å². The van der Waals surface area contributed by atoms with Crippen LogP contribution in [0.5, 0.6) is 0 Å². The fourth-order valence-electron chi connectivity index (χ4n) is 0. The van der Waals surface area contributed by atoms with Gasteiger partial charge in [-0.3, -0.25) is 4.79 Å². The second-order valence-electron chi connectivity index (χ2n) is 1.77. The van der Waals surface area contributed by atoms with Gasteiger partial charge in [0.05, 0.1) is 0 Å². The van der Waals surface area contributed by atoms with E-state index in [4.69, 9.17) is 4.79 Å². The van der Waals surface area contributed by atoms with Crippen molar-refractivity contribution >= 4 is 12.6 Å². The van der Waals surface area contributed by atoms with Crippen LogP contribution in [0.3, 0.4) is 0 Å². The van der Waals surface area contributed by atoms with E-state index in [1.807, 2.05) is 20.6 Å². The first kappa shape index (κ1) is 10.3. The van der Waals surface area contributed by atoms with Crippen molar-refractivity contribution in [3.05, 3.63) is 0 Å². The van der Waals surface area contributed by atoms with Gasteiger partial charge in [0.2, 0.25) is 0 Å². The van der Waals surface area contributed by atoms with Crippen molar-refractivity contribution in [2.24, 2.45) is 5.92 Å². The minimum absolute atomic E-state index is 0.213. The van der Waals surface area contributed by atoms with Crippen molar-refractivity contribution in [1.29, 1.82) is 0 Å². The molecule has 0 bridgehead atoms. The van der Waals surface area contributed by atoms with Crippen molar-refractivity contribution in [2.45, 2.75) is 20.8 Å². The number of carbonyl (C=O) groups excluding carboxylic acids is 2. The summed E-state index contributed by atoms with van der Waals surface area (Å²) in [6.07, 6.45) is 0. The van der Waals surface area contributed by atoms with Gasteiger partial charge in [-0.05, 0) is 6.92 Å². The zero-order valence-corrected chi connectivity index (χ0v) is 5.60. The van der Waals surface area contributed by atoms with Gasteiger partial charge in [0, 0.05) is 5.92 Å². The fourth-order valence-corrected chi connectivity index (χ4v) is 0. The zero-order valence-electron chi connectivity index (χ0n) is 5.60. The van der Waals surface area contributed by atoms with Crippen LogP contribution < -0.4 is 0 Å². The van der Waals surface area contributed by atoms with Crippen molar-refractivity contribution in [1.82, 2.24) is 0 Å². The van der Waals surface area contributed by atoms with Crippen molar-refractivity contribution in [3.63, 3.8) is 0 Å². The van der Waals surface area contributed by atoms with Crippen LogP contribution in [0.2, 0.25) is 0 Å². The molecule has 0 heterocycles. The number of Topliss-reactive ketones (excluding diaryl/α,β-unsaturated/α-hetero) is 1. The van der Waals surface area contributed by atoms with E-state index in [-0.39, 0.29) is 11.7 Å². The van der Waals surface area contributed by atoms with Gasteiger partial charge in [-0.15, -0.1) is 0 Å². The van der Waals surface area contributed by atoms with Crippen LogP contribution in [0.25, 0.3) is 0 Å². The molecule has 8 heavy (non-hydrogen) atoms. The van der Waals surface area contributed by atoms with E-state index in [9.17, 15) is 4.79 Å². The standard InChI is InChI=1S/C5H10O.CH2O/c1-4(2)5(3)6;1-2/h4H,1-3H3;1H2. The van der Waals surface area contributed by atoms with Gasteiger partial charge in [-0.2, -0.15) is 0 Å². The summed E-state index contributed by atoms with van der Waals surface area (Å²) in [6, 6.07) is 0. The van der Waals surface area contributed by atoms with Crippen LogP contribution in [-0.2, 0) is 9.59 Å². The number of hydrogen-bond donors (Lipinski definition) is 0. The molecule has 0 aliphatic heterocycles. The molecule has 0 fully saturated rings. The maximum atomic E-state index is 10.1. The van der Waals surface area contributed by atoms with Crippen LogP contribution in [0, 0.1) is 5.92 Å². The second-order valence-corrected chi connectivity index (χ2v) is 1.77. The lowest BCUT2D eigenvalue weighted by molar-refractivity contribution is -0.119. The fraction of sp³-hybridized carbons (Fsp3) is 0.667.